The summed E-state index contributed by atoms with van der Waals surface area (Å²) >= 11 is 0. The van der Waals surface area contributed by atoms with E-state index in [9.17, 15) is 4.79 Å². The van der Waals surface area contributed by atoms with Crippen LogP contribution in [0, 0.1) is 12.8 Å². The number of anilines is 2. The molecule has 1 saturated carbocycles. The predicted octanol–water partition coefficient (Wildman–Crippen LogP) is 8.00. The van der Waals surface area contributed by atoms with E-state index in [4.69, 9.17) is 4.74 Å². The highest BCUT2D eigenvalue weighted by Gasteiger charge is 2.26. The van der Waals surface area contributed by atoms with Crippen LogP contribution in [0.15, 0.2) is 66.7 Å². The first-order chi connectivity index (χ1) is 19.6. The smallest absolute Gasteiger partial charge is 0.323 e. The zero-order valence-electron chi connectivity index (χ0n) is 23.3. The molecule has 1 aliphatic carbocycles. The van der Waals surface area contributed by atoms with Gasteiger partial charge in [-0.15, -0.1) is 10.2 Å². The van der Waals surface area contributed by atoms with Gasteiger partial charge in [-0.25, -0.2) is 4.79 Å². The summed E-state index contributed by atoms with van der Waals surface area (Å²) in [4.78, 5) is 13.2. The molecule has 5 rings (SSSR count). The lowest BCUT2D eigenvalue weighted by Gasteiger charge is -2.31. The van der Waals surface area contributed by atoms with Crippen molar-refractivity contribution in [3.63, 3.8) is 0 Å². The number of aromatic nitrogens is 4. The van der Waals surface area contributed by atoms with E-state index in [0.29, 0.717) is 23.2 Å². The summed E-state index contributed by atoms with van der Waals surface area (Å²) < 4.78 is 6.77. The standard InChI is InChI=1S/C32H38N6O2/c1-3-4-14-29(23-10-6-5-7-11-23)40-30-20-17-24(26-12-8-9-13-27(26)31-35-37-38-36-31)21-28(30)34-32(39)33-25-18-15-22(2)16-19-25/h8-9,12-13,15-21,23,29H,3-7,10-11,14H2,1-2H3,(H2,33,34,39)(H,35,36,37,38). The van der Waals surface area contributed by atoms with Crippen LogP contribution < -0.4 is 15.4 Å². The Labute approximate surface area is 235 Å². The Hall–Kier alpha value is -4.20. The fourth-order valence-corrected chi connectivity index (χ4v) is 5.49. The minimum absolute atomic E-state index is 0.124. The van der Waals surface area contributed by atoms with Crippen molar-refractivity contribution in [1.82, 2.24) is 20.6 Å². The number of hydrogen-bond donors (Lipinski definition) is 3. The maximum atomic E-state index is 13.2. The fraction of sp³-hybridized carbons (Fsp3) is 0.375. The quantitative estimate of drug-likeness (QED) is 0.190. The van der Waals surface area contributed by atoms with Gasteiger partial charge in [0.15, 0.2) is 0 Å². The van der Waals surface area contributed by atoms with Gasteiger partial charge in [0.1, 0.15) is 11.9 Å². The van der Waals surface area contributed by atoms with Crippen LogP contribution in [0.4, 0.5) is 16.2 Å². The van der Waals surface area contributed by atoms with Gasteiger partial charge in [0.05, 0.1) is 5.69 Å². The first-order valence-electron chi connectivity index (χ1n) is 14.4. The number of hydrogen-bond acceptors (Lipinski definition) is 5. The molecule has 40 heavy (non-hydrogen) atoms. The van der Waals surface area contributed by atoms with Crippen molar-refractivity contribution in [3.05, 3.63) is 72.3 Å². The molecule has 0 spiro atoms. The summed E-state index contributed by atoms with van der Waals surface area (Å²) in [6, 6.07) is 21.3. The fourth-order valence-electron chi connectivity index (χ4n) is 5.49. The van der Waals surface area contributed by atoms with Crippen molar-refractivity contribution in [2.24, 2.45) is 5.92 Å². The van der Waals surface area contributed by atoms with E-state index in [1.54, 1.807) is 0 Å². The number of nitrogens with one attached hydrogen (secondary N) is 3. The number of unbranched alkanes of at least 4 members (excludes halogenated alkanes) is 1. The zero-order chi connectivity index (χ0) is 27.7. The summed E-state index contributed by atoms with van der Waals surface area (Å²) in [5.41, 5.74) is 5.20. The Kier molecular flexibility index (Phi) is 9.06. The summed E-state index contributed by atoms with van der Waals surface area (Å²) in [7, 11) is 0. The topological polar surface area (TPSA) is 105 Å². The first kappa shape index (κ1) is 27.4. The number of carbonyl (C=O) groups excluding carboxylic acids is 1. The number of ether oxygens (including phenoxy) is 1. The summed E-state index contributed by atoms with van der Waals surface area (Å²) in [6.07, 6.45) is 9.59. The number of benzene rings is 3. The number of aryl methyl sites for hydroxylation is 1. The molecule has 8 heteroatoms. The molecule has 1 fully saturated rings. The third-order valence-electron chi connectivity index (χ3n) is 7.66. The molecule has 0 saturated heterocycles. The molecule has 1 aliphatic rings. The predicted molar refractivity (Wildman–Crippen MR) is 159 cm³/mol. The number of nitrogens with zero attached hydrogens (tertiary/aromatic N) is 3. The van der Waals surface area contributed by atoms with Gasteiger partial charge in [-0.3, -0.25) is 0 Å². The Morgan fingerprint density at radius 3 is 2.50 bits per heavy atom. The van der Waals surface area contributed by atoms with Gasteiger partial charge in [0, 0.05) is 11.3 Å². The number of tetrazole rings is 1. The molecule has 1 aromatic heterocycles. The van der Waals surface area contributed by atoms with Crippen LogP contribution in [0.2, 0.25) is 0 Å². The first-order valence-corrected chi connectivity index (χ1v) is 14.4. The van der Waals surface area contributed by atoms with Crippen molar-refractivity contribution in [2.45, 2.75) is 71.3 Å². The van der Waals surface area contributed by atoms with Crippen LogP contribution in [0.1, 0.15) is 63.9 Å². The van der Waals surface area contributed by atoms with Crippen LogP contribution in [0.25, 0.3) is 22.5 Å². The second kappa shape index (κ2) is 13.2. The minimum Gasteiger partial charge on any atom is -0.488 e. The van der Waals surface area contributed by atoms with Crippen LogP contribution in [-0.4, -0.2) is 32.8 Å². The zero-order valence-corrected chi connectivity index (χ0v) is 23.3. The summed E-state index contributed by atoms with van der Waals surface area (Å²) in [5.74, 6) is 1.74. The highest BCUT2D eigenvalue weighted by molar-refractivity contribution is 6.01. The van der Waals surface area contributed by atoms with Crippen LogP contribution in [0.3, 0.4) is 0 Å². The molecule has 208 valence electrons. The molecule has 2 amide bonds. The van der Waals surface area contributed by atoms with E-state index in [0.717, 1.165) is 47.2 Å². The summed E-state index contributed by atoms with van der Waals surface area (Å²) in [6.45, 7) is 4.24. The number of H-pyrrole nitrogens is 1. The maximum Gasteiger partial charge on any atom is 0.323 e. The molecule has 1 unspecified atom stereocenters. The number of amides is 2. The Balaban J connectivity index is 1.47. The molecule has 3 N–H and O–H groups in total. The maximum absolute atomic E-state index is 13.2. The molecule has 4 aromatic rings. The average Bonchev–Trinajstić information content (AvgIpc) is 3.53. The Morgan fingerprint density at radius 1 is 1.00 bits per heavy atom. The van der Waals surface area contributed by atoms with Gasteiger partial charge in [-0.1, -0.05) is 87.1 Å². The Bertz CT molecular complexity index is 1380. The van der Waals surface area contributed by atoms with Crippen molar-refractivity contribution in [2.75, 3.05) is 10.6 Å². The molecule has 0 aliphatic heterocycles. The third kappa shape index (κ3) is 6.86. The molecular formula is C32H38N6O2. The van der Waals surface area contributed by atoms with E-state index in [1.165, 1.54) is 32.1 Å². The molecular weight excluding hydrogens is 500 g/mol. The van der Waals surface area contributed by atoms with Crippen LogP contribution >= 0.6 is 0 Å². The SMILES string of the molecule is CCCCC(Oc1ccc(-c2ccccc2-c2nn[nH]n2)cc1NC(=O)Nc1ccc(C)cc1)C1CCCCC1. The minimum atomic E-state index is -0.319. The largest absolute Gasteiger partial charge is 0.488 e. The Morgan fingerprint density at radius 2 is 1.77 bits per heavy atom. The van der Waals surface area contributed by atoms with Gasteiger partial charge in [-0.2, -0.15) is 5.21 Å². The van der Waals surface area contributed by atoms with E-state index >= 15 is 0 Å². The molecule has 0 bridgehead atoms. The molecule has 3 aromatic carbocycles. The molecule has 1 heterocycles. The lowest BCUT2D eigenvalue weighted by Crippen LogP contribution is -2.29. The summed E-state index contributed by atoms with van der Waals surface area (Å²) in [5, 5.41) is 20.7. The monoisotopic (exact) mass is 538 g/mol. The second-order valence-corrected chi connectivity index (χ2v) is 10.6. The van der Waals surface area contributed by atoms with Crippen molar-refractivity contribution < 1.29 is 9.53 Å². The van der Waals surface area contributed by atoms with Gasteiger partial charge in [0.2, 0.25) is 5.82 Å². The number of urea groups is 1. The number of aromatic amines is 1. The van der Waals surface area contributed by atoms with E-state index in [-0.39, 0.29) is 12.1 Å². The second-order valence-electron chi connectivity index (χ2n) is 10.6. The third-order valence-corrected chi connectivity index (χ3v) is 7.66. The highest BCUT2D eigenvalue weighted by atomic mass is 16.5. The number of rotatable bonds is 10. The number of carbonyl (C=O) groups is 1. The van der Waals surface area contributed by atoms with Gasteiger partial charge in [0.25, 0.3) is 0 Å². The van der Waals surface area contributed by atoms with E-state index < -0.39 is 0 Å². The van der Waals surface area contributed by atoms with Crippen molar-refractivity contribution in [3.8, 4) is 28.3 Å². The lowest BCUT2D eigenvalue weighted by molar-refractivity contribution is 0.0981. The van der Waals surface area contributed by atoms with Crippen molar-refractivity contribution in [1.29, 1.82) is 0 Å². The van der Waals surface area contributed by atoms with Crippen LogP contribution in [-0.2, 0) is 0 Å². The van der Waals surface area contributed by atoms with E-state index in [2.05, 4.69) is 38.2 Å². The van der Waals surface area contributed by atoms with Crippen molar-refractivity contribution >= 4 is 17.4 Å². The highest BCUT2D eigenvalue weighted by Crippen LogP contribution is 2.38. The molecule has 8 nitrogen and oxygen atoms in total. The average molecular weight is 539 g/mol. The van der Waals surface area contributed by atoms with Gasteiger partial charge < -0.3 is 15.4 Å². The molecule has 1 atom stereocenters. The van der Waals surface area contributed by atoms with E-state index in [1.807, 2.05) is 73.7 Å². The van der Waals surface area contributed by atoms with Gasteiger partial charge in [-0.05, 0) is 72.7 Å². The molecule has 0 radical (unpaired) electrons. The van der Waals surface area contributed by atoms with Crippen LogP contribution in [0.5, 0.6) is 5.75 Å². The normalized spacial score (nSPS) is 14.4. The lowest BCUT2D eigenvalue weighted by atomic mass is 9.83. The van der Waals surface area contributed by atoms with Gasteiger partial charge >= 0.3 is 6.03 Å².